The normalized spacial score (nSPS) is 21.2. The molecule has 81 heavy (non-hydrogen) atoms. The van der Waals surface area contributed by atoms with Crippen LogP contribution in [-0.2, 0) is 14.3 Å². The molecule has 6 atom stereocenters. The molecule has 11 rings (SSSR count). The van der Waals surface area contributed by atoms with Crippen LogP contribution in [0.25, 0.3) is 27.8 Å². The Morgan fingerprint density at radius 1 is 0.889 bits per heavy atom. The van der Waals surface area contributed by atoms with Crippen molar-refractivity contribution < 1.29 is 42.9 Å². The average Bonchev–Trinajstić information content (AvgIpc) is 4.48. The van der Waals surface area contributed by atoms with E-state index in [-0.39, 0.29) is 80.3 Å². The van der Waals surface area contributed by atoms with E-state index in [2.05, 4.69) is 57.6 Å². The van der Waals surface area contributed by atoms with Gasteiger partial charge in [-0.25, -0.2) is 9.97 Å². The van der Waals surface area contributed by atoms with Crippen molar-refractivity contribution in [2.45, 2.75) is 108 Å². The molecule has 5 aromatic heterocycles. The number of rotatable bonds is 21. The summed E-state index contributed by atoms with van der Waals surface area (Å²) in [6.07, 6.45) is 9.99. The molecule has 8 heterocycles. The Morgan fingerprint density at radius 3 is 2.42 bits per heavy atom. The van der Waals surface area contributed by atoms with Crippen molar-refractivity contribution >= 4 is 46.4 Å². The third-order valence-corrected chi connectivity index (χ3v) is 16.5. The summed E-state index contributed by atoms with van der Waals surface area (Å²) < 4.78 is 35.1. The Kier molecular flexibility index (Phi) is 16.4. The molecule has 1 saturated carbocycles. The number of carbonyl (C=O) groups is 2. The summed E-state index contributed by atoms with van der Waals surface area (Å²) in [6.45, 7) is 9.59. The molecule has 20 nitrogen and oxygen atoms in total. The van der Waals surface area contributed by atoms with Gasteiger partial charge in [-0.2, -0.15) is 0 Å². The van der Waals surface area contributed by atoms with Crippen molar-refractivity contribution in [1.29, 1.82) is 0 Å². The number of thiazole rings is 1. The maximum Gasteiger partial charge on any atom is 0.254 e. The summed E-state index contributed by atoms with van der Waals surface area (Å²) in [6, 6.07) is 26.6. The highest BCUT2D eigenvalue weighted by Gasteiger charge is 2.44. The number of nitrogen functional groups attached to an aromatic ring is 1. The molecule has 3 saturated heterocycles. The highest BCUT2D eigenvalue weighted by atomic mass is 32.1. The number of hydrogen-bond donors (Lipinski definition) is 3. The lowest BCUT2D eigenvalue weighted by molar-refractivity contribution is -0.141. The van der Waals surface area contributed by atoms with Crippen molar-refractivity contribution in [2.75, 3.05) is 55.7 Å². The third kappa shape index (κ3) is 12.3. The molecule has 21 heteroatoms. The highest BCUT2D eigenvalue weighted by Crippen LogP contribution is 2.41. The molecule has 3 aliphatic heterocycles. The van der Waals surface area contributed by atoms with Crippen LogP contribution in [0, 0.1) is 12.8 Å². The number of anilines is 3. The number of nitrogens with one attached hydrogen (secondary N) is 1. The van der Waals surface area contributed by atoms with Crippen LogP contribution in [0.2, 0.25) is 0 Å². The van der Waals surface area contributed by atoms with Crippen LogP contribution in [-0.4, -0.2) is 129 Å². The number of aliphatic hydroxyl groups excluding tert-OH is 1. The molecule has 2 bridgehead atoms. The fourth-order valence-corrected chi connectivity index (χ4v) is 12.2. The first-order valence-corrected chi connectivity index (χ1v) is 28.4. The Labute approximate surface area is 474 Å². The number of hydrogen-bond acceptors (Lipinski definition) is 19. The van der Waals surface area contributed by atoms with Gasteiger partial charge in [-0.1, -0.05) is 50.2 Å². The number of ether oxygens (including phenoxy) is 5. The summed E-state index contributed by atoms with van der Waals surface area (Å²) in [5, 5.41) is 26.7. The maximum absolute atomic E-state index is 14.2. The quantitative estimate of drug-likeness (QED) is 0.0572. The number of nitrogens with two attached hydrogens (primary N) is 1. The van der Waals surface area contributed by atoms with Gasteiger partial charge >= 0.3 is 0 Å². The van der Waals surface area contributed by atoms with Gasteiger partial charge < -0.3 is 59.1 Å². The summed E-state index contributed by atoms with van der Waals surface area (Å²) in [7, 11) is 1.59. The molecule has 422 valence electrons. The number of likely N-dealkylation sites (tertiary alicyclic amines) is 1. The van der Waals surface area contributed by atoms with E-state index in [1.165, 1.54) is 4.90 Å². The van der Waals surface area contributed by atoms with Crippen molar-refractivity contribution in [3.05, 3.63) is 132 Å². The van der Waals surface area contributed by atoms with Gasteiger partial charge in [-0.3, -0.25) is 14.6 Å². The molecular formula is C60H67N11O9S. The number of β-amino-alcohol motifs (C(OH)–C–C–N with tert-alkyl or cyclic N) is 1. The van der Waals surface area contributed by atoms with E-state index in [0.29, 0.717) is 40.3 Å². The van der Waals surface area contributed by atoms with Crippen LogP contribution in [0.4, 0.5) is 17.2 Å². The second-order valence-electron chi connectivity index (χ2n) is 21.5. The van der Waals surface area contributed by atoms with Gasteiger partial charge in [-0.05, 0) is 97.4 Å². The minimum absolute atomic E-state index is 0.00971. The summed E-state index contributed by atoms with van der Waals surface area (Å²) in [5.74, 6) is 1.24. The van der Waals surface area contributed by atoms with Crippen LogP contribution in [0.1, 0.15) is 87.5 Å². The number of aromatic nitrogens is 6. The van der Waals surface area contributed by atoms with Gasteiger partial charge in [0.05, 0.1) is 51.5 Å². The van der Waals surface area contributed by atoms with Crippen molar-refractivity contribution in [3.63, 3.8) is 0 Å². The van der Waals surface area contributed by atoms with E-state index >= 15 is 0 Å². The summed E-state index contributed by atoms with van der Waals surface area (Å²) in [5.41, 5.74) is 15.4. The van der Waals surface area contributed by atoms with Gasteiger partial charge in [0.1, 0.15) is 42.3 Å². The van der Waals surface area contributed by atoms with Gasteiger partial charge in [0.15, 0.2) is 18.4 Å². The van der Waals surface area contributed by atoms with E-state index in [9.17, 15) is 14.7 Å². The third-order valence-electron chi connectivity index (χ3n) is 15.5. The molecule has 2 amide bonds. The number of nitrogens with zero attached hydrogens (tertiary/aromatic N) is 9. The van der Waals surface area contributed by atoms with Crippen molar-refractivity contribution in [3.8, 4) is 45.0 Å². The van der Waals surface area contributed by atoms with Crippen molar-refractivity contribution in [1.82, 2.24) is 40.5 Å². The zero-order chi connectivity index (χ0) is 56.1. The molecule has 2 aromatic carbocycles. The van der Waals surface area contributed by atoms with Crippen LogP contribution in [0.15, 0.2) is 113 Å². The predicted octanol–water partition coefficient (Wildman–Crippen LogP) is 8.44. The SMILES string of the molecule is COCOc1ccccc1-c1cc(N2CC3CCC(C2)N3c2ccnc(OC3CC(Oc4ccc(/C=C/COc5cc(C(C(=O)N6C[C@H](O)C[C@H]6C(=O)N[C@@H](C)c6ccc(-c7scnc7C)cc6)C(C)C)on5)nc4)C3)c2)c(N)nn1. The van der Waals surface area contributed by atoms with Crippen LogP contribution < -0.4 is 39.8 Å². The molecule has 3 unspecified atom stereocenters. The molecule has 4 fully saturated rings. The first kappa shape index (κ1) is 54.8. The fourth-order valence-electron chi connectivity index (χ4n) is 11.4. The zero-order valence-corrected chi connectivity index (χ0v) is 46.8. The van der Waals surface area contributed by atoms with Gasteiger partial charge in [0, 0.05) is 87.7 Å². The van der Waals surface area contributed by atoms with Gasteiger partial charge in [0.25, 0.3) is 5.88 Å². The van der Waals surface area contributed by atoms with Crippen LogP contribution in [0.5, 0.6) is 23.3 Å². The van der Waals surface area contributed by atoms with Crippen LogP contribution in [0.3, 0.4) is 0 Å². The van der Waals surface area contributed by atoms with E-state index in [4.69, 9.17) is 33.9 Å². The number of pyridine rings is 2. The number of fused-ring (bicyclic) bond motifs is 2. The smallest absolute Gasteiger partial charge is 0.254 e. The highest BCUT2D eigenvalue weighted by molar-refractivity contribution is 7.13. The fraction of sp³-hybridized carbons (Fsp3) is 0.400. The van der Waals surface area contributed by atoms with E-state index in [0.717, 1.165) is 77.4 Å². The molecular weight excluding hydrogens is 1050 g/mol. The number of aryl methyl sites for hydroxylation is 1. The Bertz CT molecular complexity index is 3320. The number of methoxy groups -OCH3 is 1. The number of para-hydroxylation sites is 1. The maximum atomic E-state index is 14.2. The lowest BCUT2D eigenvalue weighted by Gasteiger charge is -2.43. The molecule has 4 N–H and O–H groups in total. The number of piperazine rings is 1. The summed E-state index contributed by atoms with van der Waals surface area (Å²) in [4.78, 5) is 48.8. The molecule has 7 aromatic rings. The van der Waals surface area contributed by atoms with Crippen LogP contribution >= 0.6 is 11.3 Å². The molecule has 1 aliphatic carbocycles. The Balaban J connectivity index is 0.623. The Morgan fingerprint density at radius 2 is 1.68 bits per heavy atom. The minimum atomic E-state index is -0.851. The molecule has 0 radical (unpaired) electrons. The van der Waals surface area contributed by atoms with Crippen molar-refractivity contribution in [2.24, 2.45) is 5.92 Å². The second-order valence-corrected chi connectivity index (χ2v) is 22.3. The lowest BCUT2D eigenvalue weighted by atomic mass is 9.91. The lowest BCUT2D eigenvalue weighted by Crippen LogP contribution is -2.54. The van der Waals surface area contributed by atoms with E-state index < -0.39 is 18.1 Å². The molecule has 4 aliphatic rings. The second kappa shape index (κ2) is 24.3. The minimum Gasteiger partial charge on any atom is -0.489 e. The average molecular weight is 1120 g/mol. The first-order valence-electron chi connectivity index (χ1n) is 27.5. The van der Waals surface area contributed by atoms with E-state index in [1.54, 1.807) is 30.7 Å². The molecule has 0 spiro atoms. The standard InChI is InChI=1S/C60H67N11O9S/c1-35(2)56(60(74)70-32-44(72)24-51(70)59(73)65-36(3)38-12-14-39(15-13-38)57-37(4)64-33-81-57)53-28-55(68-80-53)76-22-8-9-40-16-19-45(29-63-40)78-46-25-47(26-46)79-54-23-41(20-21-62-54)71-42-17-18-43(71)31-69(30-42)50-27-49(66-67-58(50)61)48-10-6-7-11-52(48)77-34-75-5/h6-16,19-21,23,27-29,33,35-36,42-44,46-47,51,56,72H,17-18,22,24-26,30-32,34H2,1-5H3,(H2,61,67)(H,65,73)/b9-8+/t36-,42?,43?,44+,46?,47?,51-,56?/m0/s1. The zero-order valence-electron chi connectivity index (χ0n) is 46.0. The summed E-state index contributed by atoms with van der Waals surface area (Å²) >= 11 is 1.58. The number of amides is 2. The predicted molar refractivity (Wildman–Crippen MR) is 306 cm³/mol. The Hall–Kier alpha value is -8.14. The van der Waals surface area contributed by atoms with Gasteiger partial charge in [0.2, 0.25) is 17.7 Å². The number of aliphatic hydroxyl groups is 1. The topological polar surface area (TPSA) is 239 Å². The number of benzene rings is 2. The first-order chi connectivity index (χ1) is 39.3. The van der Waals surface area contributed by atoms with Gasteiger partial charge in [-0.15, -0.1) is 21.5 Å². The van der Waals surface area contributed by atoms with E-state index in [1.807, 2.05) is 118 Å². The monoisotopic (exact) mass is 1120 g/mol. The largest absolute Gasteiger partial charge is 0.489 e. The number of carbonyl (C=O) groups excluding carboxylic acids is 2.